The third-order valence-electron chi connectivity index (χ3n) is 4.85. The molecule has 0 unspecified atom stereocenters. The zero-order valence-corrected chi connectivity index (χ0v) is 16.3. The lowest BCUT2D eigenvalue weighted by atomic mass is 9.97. The quantitative estimate of drug-likeness (QED) is 0.542. The van der Waals surface area contributed by atoms with E-state index >= 15 is 0 Å². The molecule has 0 amide bonds. The summed E-state index contributed by atoms with van der Waals surface area (Å²) in [6.45, 7) is 1.80. The summed E-state index contributed by atoms with van der Waals surface area (Å²) >= 11 is 0. The number of nitrogens with zero attached hydrogens (tertiary/aromatic N) is 3. The summed E-state index contributed by atoms with van der Waals surface area (Å²) in [7, 11) is 4.07. The average Bonchev–Trinajstić information content (AvgIpc) is 2.75. The van der Waals surface area contributed by atoms with Crippen molar-refractivity contribution in [1.29, 1.82) is 10.5 Å². The topological polar surface area (TPSA) is 50.8 Å². The fraction of sp³-hybridized carbons (Fsp3) is 0.120. The smallest absolute Gasteiger partial charge is 0.133 e. The maximum Gasteiger partial charge on any atom is 0.133 e. The number of rotatable bonds is 4. The van der Waals surface area contributed by atoms with Gasteiger partial charge in [-0.25, -0.2) is 0 Å². The summed E-state index contributed by atoms with van der Waals surface area (Å²) in [4.78, 5) is 2.09. The van der Waals surface area contributed by atoms with Crippen LogP contribution in [0.2, 0.25) is 0 Å². The van der Waals surface area contributed by atoms with Crippen molar-refractivity contribution >= 4 is 11.3 Å². The molecule has 0 heterocycles. The number of hydrogen-bond acceptors (Lipinski definition) is 3. The second-order valence-electron chi connectivity index (χ2n) is 6.82. The monoisotopic (exact) mass is 363 g/mol. The fourth-order valence-corrected chi connectivity index (χ4v) is 3.06. The van der Waals surface area contributed by atoms with E-state index in [1.165, 1.54) is 16.8 Å². The molecule has 0 spiro atoms. The average molecular weight is 363 g/mol. The van der Waals surface area contributed by atoms with Gasteiger partial charge in [0, 0.05) is 19.8 Å². The first-order valence-corrected chi connectivity index (χ1v) is 9.03. The Morgan fingerprint density at radius 3 is 1.36 bits per heavy atom. The standard InChI is InChI=1S/C25H21N3/c1-18(24(16-26)17-27)19-4-6-20(7-5-19)21-8-10-22(11-9-21)23-12-14-25(15-13-23)28(2)3/h4-15H,1-3H3. The lowest BCUT2D eigenvalue weighted by Gasteiger charge is -2.13. The molecule has 0 aromatic heterocycles. The van der Waals surface area contributed by atoms with Crippen molar-refractivity contribution in [1.82, 2.24) is 0 Å². The van der Waals surface area contributed by atoms with Gasteiger partial charge >= 0.3 is 0 Å². The van der Waals surface area contributed by atoms with Gasteiger partial charge < -0.3 is 4.90 Å². The highest BCUT2D eigenvalue weighted by Crippen LogP contribution is 2.27. The Bertz CT molecular complexity index is 1060. The first kappa shape index (κ1) is 19.0. The predicted octanol–water partition coefficient (Wildman–Crippen LogP) is 5.91. The summed E-state index contributed by atoms with van der Waals surface area (Å²) in [5.41, 5.74) is 7.51. The predicted molar refractivity (Wildman–Crippen MR) is 115 cm³/mol. The second kappa shape index (κ2) is 8.25. The van der Waals surface area contributed by atoms with Crippen molar-refractivity contribution in [3.05, 3.63) is 83.9 Å². The molecule has 0 aliphatic carbocycles. The van der Waals surface area contributed by atoms with Crippen LogP contribution in [0, 0.1) is 22.7 Å². The van der Waals surface area contributed by atoms with Gasteiger partial charge in [0.25, 0.3) is 0 Å². The highest BCUT2D eigenvalue weighted by atomic mass is 15.1. The van der Waals surface area contributed by atoms with Crippen molar-refractivity contribution in [3.8, 4) is 34.4 Å². The van der Waals surface area contributed by atoms with E-state index in [2.05, 4.69) is 53.4 Å². The molecule has 3 aromatic carbocycles. The molecule has 0 bridgehead atoms. The SMILES string of the molecule is CC(=C(C#N)C#N)c1ccc(-c2ccc(-c3ccc(N(C)C)cc3)cc2)cc1. The molecule has 0 aliphatic heterocycles. The van der Waals surface area contributed by atoms with Crippen molar-refractivity contribution < 1.29 is 0 Å². The van der Waals surface area contributed by atoms with E-state index in [9.17, 15) is 0 Å². The zero-order valence-electron chi connectivity index (χ0n) is 16.3. The lowest BCUT2D eigenvalue weighted by Crippen LogP contribution is -2.07. The van der Waals surface area contributed by atoms with Crippen LogP contribution in [-0.2, 0) is 0 Å². The minimum atomic E-state index is 0.150. The maximum atomic E-state index is 9.02. The first-order valence-electron chi connectivity index (χ1n) is 9.03. The Kier molecular flexibility index (Phi) is 5.58. The molecule has 0 saturated carbocycles. The van der Waals surface area contributed by atoms with Gasteiger partial charge in [-0.1, -0.05) is 60.7 Å². The van der Waals surface area contributed by atoms with Gasteiger partial charge in [0.2, 0.25) is 0 Å². The normalized spacial score (nSPS) is 9.89. The third kappa shape index (κ3) is 3.95. The highest BCUT2D eigenvalue weighted by molar-refractivity contribution is 5.76. The molecular weight excluding hydrogens is 342 g/mol. The van der Waals surface area contributed by atoms with E-state index in [1.807, 2.05) is 50.5 Å². The number of benzene rings is 3. The minimum Gasteiger partial charge on any atom is -0.378 e. The molecule has 3 aromatic rings. The number of hydrogen-bond donors (Lipinski definition) is 0. The highest BCUT2D eigenvalue weighted by Gasteiger charge is 2.05. The van der Waals surface area contributed by atoms with E-state index in [0.717, 1.165) is 16.7 Å². The lowest BCUT2D eigenvalue weighted by molar-refractivity contribution is 1.13. The van der Waals surface area contributed by atoms with Gasteiger partial charge in [-0.05, 0) is 52.4 Å². The first-order chi connectivity index (χ1) is 13.5. The summed E-state index contributed by atoms with van der Waals surface area (Å²) < 4.78 is 0. The van der Waals surface area contributed by atoms with E-state index < -0.39 is 0 Å². The number of anilines is 1. The van der Waals surface area contributed by atoms with E-state index in [0.29, 0.717) is 5.57 Å². The minimum absolute atomic E-state index is 0.150. The van der Waals surface area contributed by atoms with Crippen LogP contribution < -0.4 is 4.90 Å². The summed E-state index contributed by atoms with van der Waals surface area (Å²) in [6.07, 6.45) is 0. The largest absolute Gasteiger partial charge is 0.378 e. The maximum absolute atomic E-state index is 9.02. The molecule has 0 fully saturated rings. The van der Waals surface area contributed by atoms with Crippen LogP contribution in [0.3, 0.4) is 0 Å². The van der Waals surface area contributed by atoms with Crippen molar-refractivity contribution in [3.63, 3.8) is 0 Å². The van der Waals surface area contributed by atoms with Crippen LogP contribution in [0.15, 0.2) is 78.4 Å². The van der Waals surface area contributed by atoms with Crippen LogP contribution in [0.5, 0.6) is 0 Å². The summed E-state index contributed by atoms with van der Waals surface area (Å²) in [6, 6.07) is 28.8. The Labute approximate surface area is 166 Å². The van der Waals surface area contributed by atoms with Crippen LogP contribution >= 0.6 is 0 Å². The van der Waals surface area contributed by atoms with Crippen LogP contribution in [-0.4, -0.2) is 14.1 Å². The fourth-order valence-electron chi connectivity index (χ4n) is 3.06. The van der Waals surface area contributed by atoms with Crippen molar-refractivity contribution in [2.75, 3.05) is 19.0 Å². The zero-order chi connectivity index (χ0) is 20.1. The van der Waals surface area contributed by atoms with Gasteiger partial charge in [0.05, 0.1) is 0 Å². The molecule has 0 radical (unpaired) electrons. The van der Waals surface area contributed by atoms with Gasteiger partial charge in [0.1, 0.15) is 17.7 Å². The van der Waals surface area contributed by atoms with Gasteiger partial charge in [0.15, 0.2) is 0 Å². The Morgan fingerprint density at radius 2 is 1.00 bits per heavy atom. The Morgan fingerprint density at radius 1 is 0.643 bits per heavy atom. The molecule has 3 nitrogen and oxygen atoms in total. The Balaban J connectivity index is 1.83. The molecule has 136 valence electrons. The molecule has 0 N–H and O–H groups in total. The Hall–Kier alpha value is -3.82. The van der Waals surface area contributed by atoms with E-state index in [-0.39, 0.29) is 5.57 Å². The molecular formula is C25H21N3. The van der Waals surface area contributed by atoms with Crippen LogP contribution in [0.1, 0.15) is 12.5 Å². The van der Waals surface area contributed by atoms with E-state index in [1.54, 1.807) is 6.92 Å². The van der Waals surface area contributed by atoms with Crippen LogP contribution in [0.25, 0.3) is 27.8 Å². The van der Waals surface area contributed by atoms with Gasteiger partial charge in [-0.15, -0.1) is 0 Å². The number of allylic oxidation sites excluding steroid dienone is 2. The summed E-state index contributed by atoms with van der Waals surface area (Å²) in [5.74, 6) is 0. The third-order valence-corrected chi connectivity index (χ3v) is 4.85. The summed E-state index contributed by atoms with van der Waals surface area (Å²) in [5, 5.41) is 18.0. The van der Waals surface area contributed by atoms with Crippen molar-refractivity contribution in [2.45, 2.75) is 6.92 Å². The second-order valence-corrected chi connectivity index (χ2v) is 6.82. The van der Waals surface area contributed by atoms with Crippen LogP contribution in [0.4, 0.5) is 5.69 Å². The van der Waals surface area contributed by atoms with Crippen molar-refractivity contribution in [2.24, 2.45) is 0 Å². The number of nitriles is 2. The molecule has 3 heteroatoms. The molecule has 0 atom stereocenters. The molecule has 3 rings (SSSR count). The molecule has 28 heavy (non-hydrogen) atoms. The van der Waals surface area contributed by atoms with Gasteiger partial charge in [-0.2, -0.15) is 10.5 Å². The van der Waals surface area contributed by atoms with Gasteiger partial charge in [-0.3, -0.25) is 0 Å². The van der Waals surface area contributed by atoms with E-state index in [4.69, 9.17) is 10.5 Å². The molecule has 0 saturated heterocycles. The molecule has 0 aliphatic rings.